The predicted octanol–water partition coefficient (Wildman–Crippen LogP) is 2.97. The van der Waals surface area contributed by atoms with Gasteiger partial charge in [-0.15, -0.1) is 0 Å². The van der Waals surface area contributed by atoms with E-state index >= 15 is 0 Å². The van der Waals surface area contributed by atoms with Gasteiger partial charge in [-0.05, 0) is 37.9 Å². The standard InChI is InChI=1S/C18H29NO2/c1-4-15-6-8-16(9-7-15)14-17(19-3)18(21-5-2)10-12-20-13-11-18/h6-9,17,19H,4-5,10-14H2,1-3H3. The van der Waals surface area contributed by atoms with Crippen molar-refractivity contribution < 1.29 is 9.47 Å². The van der Waals surface area contributed by atoms with Gasteiger partial charge < -0.3 is 14.8 Å². The van der Waals surface area contributed by atoms with Crippen LogP contribution in [0.4, 0.5) is 0 Å². The van der Waals surface area contributed by atoms with Gasteiger partial charge in [-0.2, -0.15) is 0 Å². The Morgan fingerprint density at radius 2 is 1.76 bits per heavy atom. The molecule has 0 amide bonds. The zero-order valence-electron chi connectivity index (χ0n) is 13.7. The van der Waals surface area contributed by atoms with Crippen LogP contribution < -0.4 is 5.32 Å². The fourth-order valence-corrected chi connectivity index (χ4v) is 3.30. The van der Waals surface area contributed by atoms with Gasteiger partial charge in [0.15, 0.2) is 0 Å². The van der Waals surface area contributed by atoms with Gasteiger partial charge in [-0.3, -0.25) is 0 Å². The van der Waals surface area contributed by atoms with Crippen LogP contribution in [0.15, 0.2) is 24.3 Å². The van der Waals surface area contributed by atoms with Crippen LogP contribution in [0.3, 0.4) is 0 Å². The van der Waals surface area contributed by atoms with Crippen LogP contribution in [0.5, 0.6) is 0 Å². The van der Waals surface area contributed by atoms with E-state index in [9.17, 15) is 0 Å². The molecule has 2 rings (SSSR count). The topological polar surface area (TPSA) is 30.5 Å². The van der Waals surface area contributed by atoms with Gasteiger partial charge in [0.25, 0.3) is 0 Å². The third kappa shape index (κ3) is 4.06. The fraction of sp³-hybridized carbons (Fsp3) is 0.667. The average Bonchev–Trinajstić information content (AvgIpc) is 2.54. The average molecular weight is 291 g/mol. The zero-order chi connectivity index (χ0) is 15.1. The van der Waals surface area contributed by atoms with Gasteiger partial charge in [0.1, 0.15) is 0 Å². The molecule has 0 bridgehead atoms. The van der Waals surface area contributed by atoms with Crippen molar-refractivity contribution in [1.29, 1.82) is 0 Å². The molecule has 21 heavy (non-hydrogen) atoms. The Bertz CT molecular complexity index is 404. The minimum Gasteiger partial charge on any atom is -0.381 e. The molecule has 0 aliphatic carbocycles. The molecule has 1 aliphatic heterocycles. The molecule has 1 saturated heterocycles. The Hall–Kier alpha value is -0.900. The van der Waals surface area contributed by atoms with E-state index in [2.05, 4.69) is 43.4 Å². The maximum atomic E-state index is 6.20. The van der Waals surface area contributed by atoms with Crippen LogP contribution in [0.1, 0.15) is 37.8 Å². The van der Waals surface area contributed by atoms with Crippen molar-refractivity contribution in [3.8, 4) is 0 Å². The summed E-state index contributed by atoms with van der Waals surface area (Å²) in [5.74, 6) is 0. The van der Waals surface area contributed by atoms with Gasteiger partial charge in [-0.25, -0.2) is 0 Å². The summed E-state index contributed by atoms with van der Waals surface area (Å²) in [5.41, 5.74) is 2.67. The maximum absolute atomic E-state index is 6.20. The quantitative estimate of drug-likeness (QED) is 0.838. The van der Waals surface area contributed by atoms with Crippen LogP contribution in [-0.4, -0.2) is 38.5 Å². The second-order valence-corrected chi connectivity index (χ2v) is 5.83. The van der Waals surface area contributed by atoms with Crippen molar-refractivity contribution in [3.63, 3.8) is 0 Å². The van der Waals surface area contributed by atoms with E-state index in [0.717, 1.165) is 45.5 Å². The highest BCUT2D eigenvalue weighted by Gasteiger charge is 2.40. The number of aryl methyl sites for hydroxylation is 1. The minimum absolute atomic E-state index is 0.0921. The highest BCUT2D eigenvalue weighted by molar-refractivity contribution is 5.24. The summed E-state index contributed by atoms with van der Waals surface area (Å²) < 4.78 is 11.7. The van der Waals surface area contributed by atoms with E-state index in [1.807, 2.05) is 7.05 Å². The van der Waals surface area contributed by atoms with E-state index in [-0.39, 0.29) is 5.60 Å². The summed E-state index contributed by atoms with van der Waals surface area (Å²) in [6, 6.07) is 9.30. The molecule has 1 atom stereocenters. The molecule has 0 radical (unpaired) electrons. The van der Waals surface area contributed by atoms with E-state index < -0.39 is 0 Å². The molecule has 1 unspecified atom stereocenters. The first kappa shape index (κ1) is 16.5. The lowest BCUT2D eigenvalue weighted by Crippen LogP contribution is -2.55. The third-order valence-corrected chi connectivity index (χ3v) is 4.63. The van der Waals surface area contributed by atoms with Crippen LogP contribution in [-0.2, 0) is 22.3 Å². The second-order valence-electron chi connectivity index (χ2n) is 5.83. The summed E-state index contributed by atoms with van der Waals surface area (Å²) in [5, 5.41) is 3.49. The molecule has 1 aliphatic rings. The summed E-state index contributed by atoms with van der Waals surface area (Å²) in [6.45, 7) is 6.63. The van der Waals surface area contributed by atoms with E-state index in [0.29, 0.717) is 6.04 Å². The molecule has 3 nitrogen and oxygen atoms in total. The SMILES string of the molecule is CCOC1(C(Cc2ccc(CC)cc2)NC)CCOCC1. The van der Waals surface area contributed by atoms with Crippen molar-refractivity contribution >= 4 is 0 Å². The predicted molar refractivity (Wildman–Crippen MR) is 86.8 cm³/mol. The van der Waals surface area contributed by atoms with Crippen molar-refractivity contribution in [2.45, 2.75) is 51.2 Å². The number of ether oxygens (including phenoxy) is 2. The van der Waals surface area contributed by atoms with Gasteiger partial charge in [0, 0.05) is 38.7 Å². The minimum atomic E-state index is -0.0921. The molecule has 1 N–H and O–H groups in total. The number of nitrogens with one attached hydrogen (secondary N) is 1. The Morgan fingerprint density at radius 3 is 2.29 bits per heavy atom. The number of rotatable bonds is 7. The van der Waals surface area contributed by atoms with Crippen molar-refractivity contribution in [1.82, 2.24) is 5.32 Å². The number of hydrogen-bond donors (Lipinski definition) is 1. The fourth-order valence-electron chi connectivity index (χ4n) is 3.30. The Balaban J connectivity index is 2.11. The van der Waals surface area contributed by atoms with Crippen molar-refractivity contribution in [2.24, 2.45) is 0 Å². The largest absolute Gasteiger partial charge is 0.381 e. The smallest absolute Gasteiger partial charge is 0.0881 e. The summed E-state index contributed by atoms with van der Waals surface area (Å²) in [4.78, 5) is 0. The Labute approximate surface area is 129 Å². The van der Waals surface area contributed by atoms with Crippen molar-refractivity contribution in [3.05, 3.63) is 35.4 Å². The van der Waals surface area contributed by atoms with E-state index in [4.69, 9.17) is 9.47 Å². The molecule has 118 valence electrons. The van der Waals surface area contributed by atoms with Crippen LogP contribution in [0.2, 0.25) is 0 Å². The summed E-state index contributed by atoms with van der Waals surface area (Å²) >= 11 is 0. The molecule has 1 fully saturated rings. The van der Waals surface area contributed by atoms with Crippen molar-refractivity contribution in [2.75, 3.05) is 26.9 Å². The molecule has 0 saturated carbocycles. The van der Waals surface area contributed by atoms with Gasteiger partial charge in [0.2, 0.25) is 0 Å². The molecule has 1 heterocycles. The zero-order valence-corrected chi connectivity index (χ0v) is 13.7. The maximum Gasteiger partial charge on any atom is 0.0881 e. The molecule has 3 heteroatoms. The highest BCUT2D eigenvalue weighted by atomic mass is 16.5. The molecule has 0 spiro atoms. The van der Waals surface area contributed by atoms with Gasteiger partial charge in [0.05, 0.1) is 5.60 Å². The summed E-state index contributed by atoms with van der Waals surface area (Å²) in [6.07, 6.45) is 4.04. The highest BCUT2D eigenvalue weighted by Crippen LogP contribution is 2.30. The third-order valence-electron chi connectivity index (χ3n) is 4.63. The Morgan fingerprint density at radius 1 is 1.14 bits per heavy atom. The molecule has 1 aromatic rings. The molecular weight excluding hydrogens is 262 g/mol. The monoisotopic (exact) mass is 291 g/mol. The first-order valence-corrected chi connectivity index (χ1v) is 8.21. The Kier molecular flexibility index (Phi) is 6.22. The molecule has 1 aromatic carbocycles. The second kappa shape index (κ2) is 7.92. The van der Waals surface area contributed by atoms with Gasteiger partial charge >= 0.3 is 0 Å². The van der Waals surface area contributed by atoms with Crippen LogP contribution in [0, 0.1) is 0 Å². The van der Waals surface area contributed by atoms with Gasteiger partial charge in [-0.1, -0.05) is 31.2 Å². The van der Waals surface area contributed by atoms with E-state index in [1.165, 1.54) is 11.1 Å². The first-order chi connectivity index (χ1) is 10.2. The van der Waals surface area contributed by atoms with E-state index in [1.54, 1.807) is 0 Å². The number of hydrogen-bond acceptors (Lipinski definition) is 3. The lowest BCUT2D eigenvalue weighted by molar-refractivity contribution is -0.125. The number of benzene rings is 1. The summed E-state index contributed by atoms with van der Waals surface area (Å²) in [7, 11) is 2.04. The van der Waals surface area contributed by atoms with Crippen LogP contribution in [0.25, 0.3) is 0 Å². The molecular formula is C18H29NO2. The molecule has 0 aromatic heterocycles. The lowest BCUT2D eigenvalue weighted by Gasteiger charge is -2.43. The first-order valence-electron chi connectivity index (χ1n) is 8.21. The van der Waals surface area contributed by atoms with Crippen LogP contribution >= 0.6 is 0 Å². The normalized spacial score (nSPS) is 19.4. The lowest BCUT2D eigenvalue weighted by atomic mass is 9.82. The number of likely N-dealkylation sites (N-methyl/N-ethyl adjacent to an activating group) is 1.